The van der Waals surface area contributed by atoms with Gasteiger partial charge in [-0.2, -0.15) is 0 Å². The van der Waals surface area contributed by atoms with Crippen molar-refractivity contribution < 1.29 is 8.78 Å². The van der Waals surface area contributed by atoms with E-state index in [1.165, 1.54) is 0 Å². The molecule has 0 aromatic rings. The molecule has 1 N–H and O–H groups in total. The van der Waals surface area contributed by atoms with E-state index in [9.17, 15) is 8.78 Å². The van der Waals surface area contributed by atoms with Gasteiger partial charge in [0.2, 0.25) is 0 Å². The summed E-state index contributed by atoms with van der Waals surface area (Å²) in [6, 6.07) is 0. The molecule has 0 atom stereocenters. The Morgan fingerprint density at radius 1 is 1.42 bits per heavy atom. The average molecular weight is 179 g/mol. The molecule has 1 aliphatic rings. The second-order valence-electron chi connectivity index (χ2n) is 2.93. The van der Waals surface area contributed by atoms with Crippen LogP contribution < -0.4 is 5.32 Å². The van der Waals surface area contributed by atoms with Gasteiger partial charge in [0.05, 0.1) is 6.54 Å². The van der Waals surface area contributed by atoms with Crippen LogP contribution in [0, 0.1) is 0 Å². The van der Waals surface area contributed by atoms with Gasteiger partial charge in [-0.15, -0.1) is 0 Å². The molecule has 5 heteroatoms. The molecule has 0 unspecified atom stereocenters. The molecule has 0 amide bonds. The fourth-order valence-electron chi connectivity index (χ4n) is 1.31. The van der Waals surface area contributed by atoms with E-state index in [2.05, 4.69) is 5.32 Å². The normalized spacial score (nSPS) is 20.8. The van der Waals surface area contributed by atoms with Gasteiger partial charge in [-0.3, -0.25) is 0 Å². The van der Waals surface area contributed by atoms with Crippen LogP contribution in [0.1, 0.15) is 0 Å². The standard InChI is InChI=1S/C7H15F2N3/c1-11(6-7(8)9)12-4-2-10-3-5-12/h7,10H,2-6H2,1H3. The van der Waals surface area contributed by atoms with Gasteiger partial charge in [0.1, 0.15) is 0 Å². The van der Waals surface area contributed by atoms with Gasteiger partial charge in [-0.25, -0.2) is 18.8 Å². The topological polar surface area (TPSA) is 18.5 Å². The van der Waals surface area contributed by atoms with E-state index in [1.54, 1.807) is 12.1 Å². The number of nitrogens with one attached hydrogen (secondary N) is 1. The summed E-state index contributed by atoms with van der Waals surface area (Å²) in [6.45, 7) is 3.24. The molecule has 0 spiro atoms. The van der Waals surface area contributed by atoms with Gasteiger partial charge < -0.3 is 5.32 Å². The Morgan fingerprint density at radius 3 is 2.50 bits per heavy atom. The molecule has 0 radical (unpaired) electrons. The lowest BCUT2D eigenvalue weighted by Gasteiger charge is -2.34. The predicted molar refractivity (Wildman–Crippen MR) is 43.1 cm³/mol. The maximum absolute atomic E-state index is 12.0. The Bertz CT molecular complexity index is 126. The number of halogens is 2. The summed E-state index contributed by atoms with van der Waals surface area (Å²) >= 11 is 0. The summed E-state index contributed by atoms with van der Waals surface area (Å²) in [5.74, 6) is 0. The van der Waals surface area contributed by atoms with Crippen LogP contribution in [0.15, 0.2) is 0 Å². The van der Waals surface area contributed by atoms with Crippen LogP contribution in [0.3, 0.4) is 0 Å². The second kappa shape index (κ2) is 4.69. The van der Waals surface area contributed by atoms with Crippen LogP contribution in [-0.2, 0) is 0 Å². The lowest BCUT2D eigenvalue weighted by Crippen LogP contribution is -2.52. The van der Waals surface area contributed by atoms with Crippen molar-refractivity contribution in [1.29, 1.82) is 0 Å². The van der Waals surface area contributed by atoms with Gasteiger partial charge in [0.15, 0.2) is 0 Å². The Labute approximate surface area is 71.3 Å². The third kappa shape index (κ3) is 3.00. The first-order valence-corrected chi connectivity index (χ1v) is 4.15. The molecule has 1 saturated heterocycles. The largest absolute Gasteiger partial charge is 0.314 e. The highest BCUT2D eigenvalue weighted by Gasteiger charge is 2.16. The van der Waals surface area contributed by atoms with Crippen LogP contribution in [-0.4, -0.2) is 56.2 Å². The molecule has 3 nitrogen and oxygen atoms in total. The van der Waals surface area contributed by atoms with E-state index in [0.29, 0.717) is 0 Å². The van der Waals surface area contributed by atoms with E-state index < -0.39 is 6.43 Å². The molecule has 0 aromatic heterocycles. The van der Waals surface area contributed by atoms with Crippen LogP contribution in [0.25, 0.3) is 0 Å². The van der Waals surface area contributed by atoms with E-state index in [-0.39, 0.29) is 6.54 Å². The fourth-order valence-corrected chi connectivity index (χ4v) is 1.31. The molecular formula is C7H15F2N3. The third-order valence-corrected chi connectivity index (χ3v) is 1.98. The lowest BCUT2D eigenvalue weighted by atomic mass is 10.4. The predicted octanol–water partition coefficient (Wildman–Crippen LogP) is 0.00350. The van der Waals surface area contributed by atoms with E-state index >= 15 is 0 Å². The van der Waals surface area contributed by atoms with Crippen LogP contribution in [0.2, 0.25) is 0 Å². The maximum atomic E-state index is 12.0. The molecule has 0 bridgehead atoms. The van der Waals surface area contributed by atoms with E-state index in [1.807, 2.05) is 5.01 Å². The highest BCUT2D eigenvalue weighted by molar-refractivity contribution is 4.65. The molecule has 1 rings (SSSR count). The number of piperazine rings is 1. The first-order chi connectivity index (χ1) is 5.70. The van der Waals surface area contributed by atoms with Crippen molar-refractivity contribution in [2.24, 2.45) is 0 Å². The van der Waals surface area contributed by atoms with Crippen molar-refractivity contribution in [2.75, 3.05) is 39.8 Å². The van der Waals surface area contributed by atoms with Crippen molar-refractivity contribution in [1.82, 2.24) is 15.3 Å². The molecule has 1 heterocycles. The monoisotopic (exact) mass is 179 g/mol. The summed E-state index contributed by atoms with van der Waals surface area (Å²) in [6.07, 6.45) is -2.25. The van der Waals surface area contributed by atoms with Gasteiger partial charge in [0.25, 0.3) is 6.43 Å². The quantitative estimate of drug-likeness (QED) is 0.658. The van der Waals surface area contributed by atoms with Crippen LogP contribution in [0.5, 0.6) is 0 Å². The highest BCUT2D eigenvalue weighted by Crippen LogP contribution is 2.01. The molecule has 1 fully saturated rings. The van der Waals surface area contributed by atoms with Gasteiger partial charge in [-0.05, 0) is 0 Å². The minimum atomic E-state index is -2.25. The smallest absolute Gasteiger partial charge is 0.252 e. The zero-order valence-corrected chi connectivity index (χ0v) is 7.26. The summed E-state index contributed by atoms with van der Waals surface area (Å²) in [7, 11) is 1.71. The van der Waals surface area contributed by atoms with Crippen molar-refractivity contribution in [2.45, 2.75) is 6.43 Å². The van der Waals surface area contributed by atoms with Crippen molar-refractivity contribution in [3.8, 4) is 0 Å². The maximum Gasteiger partial charge on any atom is 0.252 e. The molecule has 0 saturated carbocycles. The average Bonchev–Trinajstić information content (AvgIpc) is 2.05. The summed E-state index contributed by atoms with van der Waals surface area (Å²) in [5, 5.41) is 6.72. The van der Waals surface area contributed by atoms with Gasteiger partial charge in [-0.1, -0.05) is 0 Å². The first-order valence-electron chi connectivity index (χ1n) is 4.15. The molecule has 72 valence electrons. The van der Waals surface area contributed by atoms with Crippen LogP contribution in [0.4, 0.5) is 8.78 Å². The number of hydrogen-bond acceptors (Lipinski definition) is 3. The Kier molecular flexibility index (Phi) is 3.84. The van der Waals surface area contributed by atoms with E-state index in [4.69, 9.17) is 0 Å². The Balaban J connectivity index is 2.24. The van der Waals surface area contributed by atoms with Gasteiger partial charge in [0, 0.05) is 33.2 Å². The van der Waals surface area contributed by atoms with Crippen molar-refractivity contribution in [3.63, 3.8) is 0 Å². The molecule has 0 aromatic carbocycles. The number of alkyl halides is 2. The first kappa shape index (κ1) is 9.83. The zero-order chi connectivity index (χ0) is 8.97. The molecule has 0 aliphatic carbocycles. The number of hydrazine groups is 1. The Morgan fingerprint density at radius 2 is 2.00 bits per heavy atom. The summed E-state index contributed by atoms with van der Waals surface area (Å²) in [5.41, 5.74) is 0. The fraction of sp³-hybridized carbons (Fsp3) is 1.00. The third-order valence-electron chi connectivity index (χ3n) is 1.98. The van der Waals surface area contributed by atoms with Gasteiger partial charge >= 0.3 is 0 Å². The van der Waals surface area contributed by atoms with Crippen molar-refractivity contribution >= 4 is 0 Å². The molecule has 12 heavy (non-hydrogen) atoms. The second-order valence-corrected chi connectivity index (χ2v) is 2.93. The highest BCUT2D eigenvalue weighted by atomic mass is 19.3. The number of hydrogen-bond donors (Lipinski definition) is 1. The molecule has 1 aliphatic heterocycles. The zero-order valence-electron chi connectivity index (χ0n) is 7.26. The Hall–Kier alpha value is -0.260. The SMILES string of the molecule is CN(CC(F)F)N1CCNCC1. The summed E-state index contributed by atoms with van der Waals surface area (Å²) in [4.78, 5) is 0. The van der Waals surface area contributed by atoms with Crippen LogP contribution >= 0.6 is 0 Å². The number of nitrogens with zero attached hydrogens (tertiary/aromatic N) is 2. The lowest BCUT2D eigenvalue weighted by molar-refractivity contribution is -0.0478. The minimum Gasteiger partial charge on any atom is -0.314 e. The van der Waals surface area contributed by atoms with Crippen molar-refractivity contribution in [3.05, 3.63) is 0 Å². The minimum absolute atomic E-state index is 0.167. The number of rotatable bonds is 3. The summed E-state index contributed by atoms with van der Waals surface area (Å²) < 4.78 is 23.9. The molecular weight excluding hydrogens is 164 g/mol. The van der Waals surface area contributed by atoms with E-state index in [0.717, 1.165) is 26.2 Å².